The van der Waals surface area contributed by atoms with E-state index in [4.69, 9.17) is 9.47 Å². The fourth-order valence-corrected chi connectivity index (χ4v) is 3.12. The zero-order valence-corrected chi connectivity index (χ0v) is 15.8. The Labute approximate surface area is 161 Å². The van der Waals surface area contributed by atoms with Crippen molar-refractivity contribution in [3.05, 3.63) is 59.9 Å². The molecule has 2 N–H and O–H groups in total. The van der Waals surface area contributed by atoms with Crippen LogP contribution in [0.5, 0.6) is 0 Å². The maximum absolute atomic E-state index is 12.9. The van der Waals surface area contributed by atoms with Crippen molar-refractivity contribution in [1.82, 2.24) is 5.32 Å². The van der Waals surface area contributed by atoms with Crippen LogP contribution < -0.4 is 10.0 Å². The van der Waals surface area contributed by atoms with E-state index in [0.29, 0.717) is 13.2 Å². The smallest absolute Gasteiger partial charge is 0.338 e. The number of ether oxygens (including phenoxy) is 2. The van der Waals surface area contributed by atoms with E-state index in [1.807, 2.05) is 0 Å². The number of sulfonamides is 1. The second kappa shape index (κ2) is 9.81. The van der Waals surface area contributed by atoms with Gasteiger partial charge in [-0.15, -0.1) is 0 Å². The fraction of sp³-hybridized carbons (Fsp3) is 0.222. The third-order valence-electron chi connectivity index (χ3n) is 3.46. The molecule has 28 heavy (non-hydrogen) atoms. The lowest BCUT2D eigenvalue weighted by molar-refractivity contribution is -0.124. The molecule has 2 aromatic rings. The predicted molar refractivity (Wildman–Crippen MR) is 98.8 cm³/mol. The van der Waals surface area contributed by atoms with Gasteiger partial charge in [-0.3, -0.25) is 9.52 Å². The normalized spacial score (nSPS) is 10.9. The molecule has 10 heteroatoms. The van der Waals surface area contributed by atoms with Gasteiger partial charge in [0, 0.05) is 19.3 Å². The number of halogens is 1. The van der Waals surface area contributed by atoms with Crippen molar-refractivity contribution < 1.29 is 31.9 Å². The third kappa shape index (κ3) is 6.32. The Bertz CT molecular complexity index is 914. The van der Waals surface area contributed by atoms with Gasteiger partial charge in [-0.05, 0) is 48.5 Å². The monoisotopic (exact) mass is 410 g/mol. The number of benzene rings is 2. The summed E-state index contributed by atoms with van der Waals surface area (Å²) in [5.74, 6) is -1.73. The molecule has 0 fully saturated rings. The second-order valence-electron chi connectivity index (χ2n) is 5.56. The summed E-state index contributed by atoms with van der Waals surface area (Å²) in [5.41, 5.74) is 0.287. The highest BCUT2D eigenvalue weighted by atomic mass is 32.2. The molecule has 0 unspecified atom stereocenters. The van der Waals surface area contributed by atoms with Crippen LogP contribution in [0.3, 0.4) is 0 Å². The largest absolute Gasteiger partial charge is 0.452 e. The van der Waals surface area contributed by atoms with E-state index < -0.39 is 34.3 Å². The van der Waals surface area contributed by atoms with Crippen molar-refractivity contribution in [2.75, 3.05) is 31.6 Å². The molecule has 0 heterocycles. The molecule has 0 bridgehead atoms. The summed E-state index contributed by atoms with van der Waals surface area (Å²) < 4.78 is 49.5. The first-order valence-corrected chi connectivity index (χ1v) is 9.61. The number of hydrogen-bond acceptors (Lipinski definition) is 6. The quantitative estimate of drug-likeness (QED) is 0.479. The topological polar surface area (TPSA) is 111 Å². The molecule has 0 aliphatic heterocycles. The average Bonchev–Trinajstić information content (AvgIpc) is 2.68. The predicted octanol–water partition coefficient (Wildman–Crippen LogP) is 1.55. The molecule has 0 aromatic heterocycles. The van der Waals surface area contributed by atoms with Crippen LogP contribution in [0.25, 0.3) is 0 Å². The molecule has 2 aromatic carbocycles. The zero-order chi connectivity index (χ0) is 20.6. The fourth-order valence-electron chi connectivity index (χ4n) is 2.06. The van der Waals surface area contributed by atoms with Crippen LogP contribution >= 0.6 is 0 Å². The highest BCUT2D eigenvalue weighted by molar-refractivity contribution is 7.92. The summed E-state index contributed by atoms with van der Waals surface area (Å²) in [4.78, 5) is 23.3. The van der Waals surface area contributed by atoms with Gasteiger partial charge in [0.15, 0.2) is 6.61 Å². The molecular weight excluding hydrogens is 391 g/mol. The number of rotatable bonds is 9. The van der Waals surface area contributed by atoms with Gasteiger partial charge in [-0.2, -0.15) is 0 Å². The zero-order valence-electron chi connectivity index (χ0n) is 15.0. The van der Waals surface area contributed by atoms with E-state index in [1.165, 1.54) is 43.5 Å². The molecule has 0 aliphatic rings. The molecular formula is C18H19FN2O6S. The molecule has 0 saturated carbocycles. The van der Waals surface area contributed by atoms with Crippen LogP contribution in [0.4, 0.5) is 10.1 Å². The Balaban J connectivity index is 1.95. The van der Waals surface area contributed by atoms with Crippen LogP contribution in [0.1, 0.15) is 10.4 Å². The van der Waals surface area contributed by atoms with Crippen LogP contribution in [0.15, 0.2) is 53.4 Å². The number of carbonyl (C=O) groups is 2. The van der Waals surface area contributed by atoms with Gasteiger partial charge in [0.25, 0.3) is 15.9 Å². The van der Waals surface area contributed by atoms with Crippen LogP contribution in [-0.4, -0.2) is 47.2 Å². The lowest BCUT2D eigenvalue weighted by atomic mass is 10.2. The van der Waals surface area contributed by atoms with E-state index in [2.05, 4.69) is 10.0 Å². The molecule has 2 rings (SSSR count). The van der Waals surface area contributed by atoms with Gasteiger partial charge in [-0.1, -0.05) is 0 Å². The number of anilines is 1. The van der Waals surface area contributed by atoms with E-state index in [0.717, 1.165) is 12.1 Å². The number of carbonyl (C=O) groups excluding carboxylic acids is 2. The van der Waals surface area contributed by atoms with Crippen molar-refractivity contribution in [2.24, 2.45) is 0 Å². The Morgan fingerprint density at radius 3 is 2.29 bits per heavy atom. The van der Waals surface area contributed by atoms with Crippen LogP contribution in [-0.2, 0) is 24.3 Å². The summed E-state index contributed by atoms with van der Waals surface area (Å²) >= 11 is 0. The van der Waals surface area contributed by atoms with E-state index in [9.17, 15) is 22.4 Å². The third-order valence-corrected chi connectivity index (χ3v) is 4.86. The molecule has 1 amide bonds. The van der Waals surface area contributed by atoms with Crippen molar-refractivity contribution in [3.8, 4) is 0 Å². The second-order valence-corrected chi connectivity index (χ2v) is 7.24. The molecule has 0 spiro atoms. The van der Waals surface area contributed by atoms with E-state index >= 15 is 0 Å². The summed E-state index contributed by atoms with van der Waals surface area (Å²) in [6.45, 7) is 0.163. The highest BCUT2D eigenvalue weighted by Crippen LogP contribution is 2.17. The molecule has 150 valence electrons. The molecule has 0 aliphatic carbocycles. The summed E-state index contributed by atoms with van der Waals surface area (Å²) in [5, 5.41) is 2.49. The van der Waals surface area contributed by atoms with Crippen molar-refractivity contribution in [1.29, 1.82) is 0 Å². The first kappa shape index (κ1) is 21.3. The Morgan fingerprint density at radius 1 is 1.04 bits per heavy atom. The average molecular weight is 410 g/mol. The summed E-state index contributed by atoms with van der Waals surface area (Å²) in [6.07, 6.45) is 0. The Kier molecular flexibility index (Phi) is 7.47. The van der Waals surface area contributed by atoms with Crippen molar-refractivity contribution >= 4 is 27.6 Å². The number of hydrogen-bond donors (Lipinski definition) is 2. The highest BCUT2D eigenvalue weighted by Gasteiger charge is 2.16. The Hall–Kier alpha value is -2.98. The first-order chi connectivity index (χ1) is 13.3. The number of nitrogens with one attached hydrogen (secondary N) is 2. The minimum Gasteiger partial charge on any atom is -0.452 e. The Morgan fingerprint density at radius 2 is 1.68 bits per heavy atom. The van der Waals surface area contributed by atoms with Gasteiger partial charge in [0.1, 0.15) is 5.82 Å². The lowest BCUT2D eigenvalue weighted by Gasteiger charge is -2.09. The van der Waals surface area contributed by atoms with E-state index in [1.54, 1.807) is 0 Å². The first-order valence-electron chi connectivity index (χ1n) is 8.13. The molecule has 0 atom stereocenters. The van der Waals surface area contributed by atoms with E-state index in [-0.39, 0.29) is 16.1 Å². The van der Waals surface area contributed by atoms with Gasteiger partial charge < -0.3 is 14.8 Å². The van der Waals surface area contributed by atoms with Crippen LogP contribution in [0, 0.1) is 5.82 Å². The minimum absolute atomic E-state index is 0.0884. The maximum atomic E-state index is 12.9. The van der Waals surface area contributed by atoms with Crippen molar-refractivity contribution in [2.45, 2.75) is 4.90 Å². The summed E-state index contributed by atoms with van der Waals surface area (Å²) in [6, 6.07) is 9.81. The number of methoxy groups -OCH3 is 1. The van der Waals surface area contributed by atoms with Gasteiger partial charge in [0.05, 0.1) is 17.1 Å². The van der Waals surface area contributed by atoms with Gasteiger partial charge in [-0.25, -0.2) is 17.6 Å². The SMILES string of the molecule is COCCNC(=O)COC(=O)c1ccc(S(=O)(=O)Nc2ccc(F)cc2)cc1. The standard InChI is InChI=1S/C18H19FN2O6S/c1-26-11-10-20-17(22)12-27-18(23)13-2-8-16(9-3-13)28(24,25)21-15-6-4-14(19)5-7-15/h2-9,21H,10-12H2,1H3,(H,20,22). The number of amides is 1. The van der Waals surface area contributed by atoms with Crippen LogP contribution in [0.2, 0.25) is 0 Å². The van der Waals surface area contributed by atoms with Crippen molar-refractivity contribution in [3.63, 3.8) is 0 Å². The van der Waals surface area contributed by atoms with Gasteiger partial charge in [0.2, 0.25) is 0 Å². The minimum atomic E-state index is -3.91. The lowest BCUT2D eigenvalue weighted by Crippen LogP contribution is -2.31. The van der Waals surface area contributed by atoms with Gasteiger partial charge >= 0.3 is 5.97 Å². The summed E-state index contributed by atoms with van der Waals surface area (Å²) in [7, 11) is -2.42. The number of esters is 1. The molecule has 0 radical (unpaired) electrons. The maximum Gasteiger partial charge on any atom is 0.338 e. The molecule has 8 nitrogen and oxygen atoms in total. The molecule has 0 saturated heterocycles.